The molecule has 0 heterocycles. The van der Waals surface area contributed by atoms with Crippen LogP contribution in [0.3, 0.4) is 0 Å². The lowest BCUT2D eigenvalue weighted by molar-refractivity contribution is 0.386. The largest absolute Gasteiger partial charge is 0.494 e. The maximum Gasteiger partial charge on any atom is 0.165 e. The number of ether oxygens (including phenoxy) is 1. The molecular weight excluding hydrogens is 309 g/mol. The molecule has 2 aromatic rings. The molecule has 0 saturated carbocycles. The molecule has 0 saturated heterocycles. The summed E-state index contributed by atoms with van der Waals surface area (Å²) in [5.41, 5.74) is 3.06. The van der Waals surface area contributed by atoms with Gasteiger partial charge in [-0.3, -0.25) is 0 Å². The first-order valence-electron chi connectivity index (χ1n) is 5.92. The van der Waals surface area contributed by atoms with Crippen molar-refractivity contribution < 1.29 is 9.13 Å². The van der Waals surface area contributed by atoms with Crippen LogP contribution in [0, 0.1) is 12.7 Å². The quantitative estimate of drug-likeness (QED) is 0.893. The van der Waals surface area contributed by atoms with E-state index in [-0.39, 0.29) is 11.6 Å². The van der Waals surface area contributed by atoms with Gasteiger partial charge in [-0.25, -0.2) is 4.39 Å². The van der Waals surface area contributed by atoms with Gasteiger partial charge in [0, 0.05) is 16.7 Å². The van der Waals surface area contributed by atoms with E-state index in [9.17, 15) is 4.39 Å². The van der Waals surface area contributed by atoms with Gasteiger partial charge in [-0.2, -0.15) is 0 Å². The van der Waals surface area contributed by atoms with E-state index in [0.717, 1.165) is 21.3 Å². The summed E-state index contributed by atoms with van der Waals surface area (Å²) >= 11 is 3.43. The van der Waals surface area contributed by atoms with E-state index in [1.165, 1.54) is 13.2 Å². The Kier molecular flexibility index (Phi) is 4.43. The monoisotopic (exact) mass is 323 g/mol. The first-order valence-corrected chi connectivity index (χ1v) is 6.72. The summed E-state index contributed by atoms with van der Waals surface area (Å²) in [4.78, 5) is 0. The summed E-state index contributed by atoms with van der Waals surface area (Å²) in [5.74, 6) is -0.0714. The number of halogens is 2. The van der Waals surface area contributed by atoms with Gasteiger partial charge in [0.05, 0.1) is 7.11 Å². The normalized spacial score (nSPS) is 10.3. The molecular formula is C15H15BrFNO. The van der Waals surface area contributed by atoms with Gasteiger partial charge in [-0.15, -0.1) is 0 Å². The second-order valence-corrected chi connectivity index (χ2v) is 5.20. The van der Waals surface area contributed by atoms with Crippen LogP contribution in [0.4, 0.5) is 10.1 Å². The highest BCUT2D eigenvalue weighted by Crippen LogP contribution is 2.22. The van der Waals surface area contributed by atoms with Crippen molar-refractivity contribution in [2.45, 2.75) is 13.5 Å². The van der Waals surface area contributed by atoms with E-state index in [2.05, 4.69) is 21.2 Å². The Morgan fingerprint density at radius 2 is 2.00 bits per heavy atom. The van der Waals surface area contributed by atoms with E-state index < -0.39 is 0 Å². The summed E-state index contributed by atoms with van der Waals surface area (Å²) in [6, 6.07) is 11.0. The average Bonchev–Trinajstić information content (AvgIpc) is 2.38. The van der Waals surface area contributed by atoms with Crippen molar-refractivity contribution in [1.82, 2.24) is 0 Å². The van der Waals surface area contributed by atoms with Gasteiger partial charge in [0.2, 0.25) is 0 Å². The van der Waals surface area contributed by atoms with E-state index in [0.29, 0.717) is 6.54 Å². The van der Waals surface area contributed by atoms with Crippen molar-refractivity contribution >= 4 is 21.6 Å². The molecule has 0 aliphatic rings. The van der Waals surface area contributed by atoms with Gasteiger partial charge in [-0.1, -0.05) is 22.0 Å². The van der Waals surface area contributed by atoms with Crippen LogP contribution >= 0.6 is 15.9 Å². The van der Waals surface area contributed by atoms with Crippen LogP contribution in [0.2, 0.25) is 0 Å². The van der Waals surface area contributed by atoms with Crippen LogP contribution in [0.25, 0.3) is 0 Å². The number of methoxy groups -OCH3 is 1. The minimum absolute atomic E-state index is 0.267. The van der Waals surface area contributed by atoms with E-state index in [1.54, 1.807) is 6.07 Å². The van der Waals surface area contributed by atoms with Crippen molar-refractivity contribution in [3.63, 3.8) is 0 Å². The summed E-state index contributed by atoms with van der Waals surface area (Å²) in [6.07, 6.45) is 0. The molecule has 2 aromatic carbocycles. The molecule has 0 aliphatic heterocycles. The molecule has 0 fully saturated rings. The molecule has 0 atom stereocenters. The Balaban J connectivity index is 2.08. The Hall–Kier alpha value is -1.55. The van der Waals surface area contributed by atoms with Crippen molar-refractivity contribution in [3.8, 4) is 5.75 Å². The van der Waals surface area contributed by atoms with Gasteiger partial charge < -0.3 is 10.1 Å². The lowest BCUT2D eigenvalue weighted by Crippen LogP contribution is -2.01. The standard InChI is InChI=1S/C15H15BrFNO/c1-10-7-12(16)4-5-14(10)18-9-11-3-6-15(19-2)13(17)8-11/h3-8,18H,9H2,1-2H3. The molecule has 2 rings (SSSR count). The summed E-state index contributed by atoms with van der Waals surface area (Å²) in [5, 5.41) is 3.29. The lowest BCUT2D eigenvalue weighted by atomic mass is 10.1. The maximum absolute atomic E-state index is 13.5. The smallest absolute Gasteiger partial charge is 0.165 e. The first kappa shape index (κ1) is 13.9. The molecule has 0 aromatic heterocycles. The zero-order valence-corrected chi connectivity index (χ0v) is 12.4. The first-order chi connectivity index (χ1) is 9.10. The summed E-state index contributed by atoms with van der Waals surface area (Å²) in [7, 11) is 1.46. The Bertz CT molecular complexity index is 586. The molecule has 2 nitrogen and oxygen atoms in total. The fourth-order valence-electron chi connectivity index (χ4n) is 1.84. The van der Waals surface area contributed by atoms with Crippen LogP contribution in [0.5, 0.6) is 5.75 Å². The number of rotatable bonds is 4. The molecule has 0 spiro atoms. The highest BCUT2D eigenvalue weighted by atomic mass is 79.9. The fraction of sp³-hybridized carbons (Fsp3) is 0.200. The predicted octanol–water partition coefficient (Wildman–Crippen LogP) is 4.52. The number of hydrogen-bond acceptors (Lipinski definition) is 2. The van der Waals surface area contributed by atoms with Crippen LogP contribution in [0.1, 0.15) is 11.1 Å². The molecule has 0 unspecified atom stereocenters. The third kappa shape index (κ3) is 3.47. The van der Waals surface area contributed by atoms with Gasteiger partial charge in [0.25, 0.3) is 0 Å². The number of aryl methyl sites for hydroxylation is 1. The molecule has 19 heavy (non-hydrogen) atoms. The average molecular weight is 324 g/mol. The molecule has 100 valence electrons. The zero-order valence-electron chi connectivity index (χ0n) is 10.8. The summed E-state index contributed by atoms with van der Waals surface area (Å²) in [6.45, 7) is 2.60. The topological polar surface area (TPSA) is 21.3 Å². The van der Waals surface area contributed by atoms with Crippen molar-refractivity contribution in [2.24, 2.45) is 0 Å². The summed E-state index contributed by atoms with van der Waals surface area (Å²) < 4.78 is 19.5. The number of benzene rings is 2. The third-order valence-electron chi connectivity index (χ3n) is 2.89. The Morgan fingerprint density at radius 3 is 2.63 bits per heavy atom. The van der Waals surface area contributed by atoms with Crippen LogP contribution in [-0.2, 0) is 6.54 Å². The van der Waals surface area contributed by atoms with E-state index >= 15 is 0 Å². The van der Waals surface area contributed by atoms with Crippen molar-refractivity contribution in [3.05, 3.63) is 57.8 Å². The number of nitrogens with one attached hydrogen (secondary N) is 1. The van der Waals surface area contributed by atoms with E-state index in [4.69, 9.17) is 4.74 Å². The minimum atomic E-state index is -0.339. The lowest BCUT2D eigenvalue weighted by Gasteiger charge is -2.11. The minimum Gasteiger partial charge on any atom is -0.494 e. The second-order valence-electron chi connectivity index (χ2n) is 4.28. The molecule has 0 amide bonds. The van der Waals surface area contributed by atoms with Crippen molar-refractivity contribution in [1.29, 1.82) is 0 Å². The Labute approximate surface area is 120 Å². The van der Waals surface area contributed by atoms with Crippen molar-refractivity contribution in [2.75, 3.05) is 12.4 Å². The van der Waals surface area contributed by atoms with Gasteiger partial charge >= 0.3 is 0 Å². The third-order valence-corrected chi connectivity index (χ3v) is 3.38. The highest BCUT2D eigenvalue weighted by Gasteiger charge is 2.04. The van der Waals surface area contributed by atoms with Gasteiger partial charge in [0.15, 0.2) is 11.6 Å². The fourth-order valence-corrected chi connectivity index (χ4v) is 2.32. The second kappa shape index (κ2) is 6.06. The molecule has 0 bridgehead atoms. The van der Waals surface area contributed by atoms with Gasteiger partial charge in [0.1, 0.15) is 0 Å². The zero-order chi connectivity index (χ0) is 13.8. The molecule has 4 heteroatoms. The number of hydrogen-bond donors (Lipinski definition) is 1. The SMILES string of the molecule is COc1ccc(CNc2ccc(Br)cc2C)cc1F. The van der Waals surface area contributed by atoms with Crippen LogP contribution < -0.4 is 10.1 Å². The Morgan fingerprint density at radius 1 is 1.21 bits per heavy atom. The van der Waals surface area contributed by atoms with Crippen LogP contribution in [0.15, 0.2) is 40.9 Å². The predicted molar refractivity (Wildman–Crippen MR) is 79.2 cm³/mol. The maximum atomic E-state index is 13.5. The molecule has 0 aliphatic carbocycles. The molecule has 0 radical (unpaired) electrons. The van der Waals surface area contributed by atoms with Crippen LogP contribution in [-0.4, -0.2) is 7.11 Å². The van der Waals surface area contributed by atoms with Gasteiger partial charge in [-0.05, 0) is 48.4 Å². The number of anilines is 1. The van der Waals surface area contributed by atoms with E-state index in [1.807, 2.05) is 31.2 Å². The molecule has 1 N–H and O–H groups in total. The highest BCUT2D eigenvalue weighted by molar-refractivity contribution is 9.10.